The summed E-state index contributed by atoms with van der Waals surface area (Å²) in [6.45, 7) is 1.54. The minimum Gasteiger partial charge on any atom is -0.465 e. The standard InChI is InChI=1S/C11H12N2O3S/c1-7(14)16-5-9-4-10(15)12-13-11(9)8-2-3-17-6-8/h2-3,6,9H,4-5H2,1H3,(H,12,15). The monoisotopic (exact) mass is 252 g/mol. The minimum atomic E-state index is -0.347. The molecule has 1 aliphatic heterocycles. The molecule has 0 saturated heterocycles. The first kappa shape index (κ1) is 11.8. The first-order chi connectivity index (χ1) is 8.16. The summed E-state index contributed by atoms with van der Waals surface area (Å²) < 4.78 is 4.96. The summed E-state index contributed by atoms with van der Waals surface area (Å²) in [4.78, 5) is 22.1. The fraction of sp³-hybridized carbons (Fsp3) is 0.364. The molecule has 6 heteroatoms. The highest BCUT2D eigenvalue weighted by molar-refractivity contribution is 7.08. The van der Waals surface area contributed by atoms with Gasteiger partial charge in [-0.15, -0.1) is 0 Å². The van der Waals surface area contributed by atoms with Crippen LogP contribution in [0.5, 0.6) is 0 Å². The van der Waals surface area contributed by atoms with E-state index in [4.69, 9.17) is 4.74 Å². The Balaban J connectivity index is 2.15. The molecule has 1 aromatic heterocycles. The number of hydrogen-bond acceptors (Lipinski definition) is 5. The molecule has 0 fully saturated rings. The number of carbonyl (C=O) groups is 2. The van der Waals surface area contributed by atoms with Crippen LogP contribution in [0.15, 0.2) is 21.9 Å². The number of esters is 1. The molecule has 5 nitrogen and oxygen atoms in total. The Hall–Kier alpha value is -1.69. The molecule has 1 amide bonds. The van der Waals surface area contributed by atoms with E-state index in [0.717, 1.165) is 11.3 Å². The van der Waals surface area contributed by atoms with E-state index in [1.54, 1.807) is 11.3 Å². The van der Waals surface area contributed by atoms with Gasteiger partial charge in [0.2, 0.25) is 5.91 Å². The van der Waals surface area contributed by atoms with E-state index in [9.17, 15) is 9.59 Å². The summed E-state index contributed by atoms with van der Waals surface area (Å²) in [5.41, 5.74) is 4.19. The molecule has 1 aliphatic rings. The van der Waals surface area contributed by atoms with Crippen molar-refractivity contribution in [1.29, 1.82) is 0 Å². The fourth-order valence-electron chi connectivity index (χ4n) is 1.65. The van der Waals surface area contributed by atoms with Gasteiger partial charge in [-0.1, -0.05) is 0 Å². The molecule has 1 atom stereocenters. The number of carbonyl (C=O) groups excluding carboxylic acids is 2. The van der Waals surface area contributed by atoms with Crippen LogP contribution in [0, 0.1) is 5.92 Å². The summed E-state index contributed by atoms with van der Waals surface area (Å²) in [6.07, 6.45) is 0.294. The molecule has 0 bridgehead atoms. The lowest BCUT2D eigenvalue weighted by Gasteiger charge is -2.21. The van der Waals surface area contributed by atoms with Crippen LogP contribution in [0.2, 0.25) is 0 Å². The van der Waals surface area contributed by atoms with Crippen molar-refractivity contribution >= 4 is 28.9 Å². The number of nitrogens with one attached hydrogen (secondary N) is 1. The van der Waals surface area contributed by atoms with Crippen molar-refractivity contribution in [2.75, 3.05) is 6.61 Å². The zero-order valence-corrected chi connectivity index (χ0v) is 10.1. The van der Waals surface area contributed by atoms with Gasteiger partial charge in [-0.05, 0) is 16.8 Å². The molecular formula is C11H12N2O3S. The molecular weight excluding hydrogens is 240 g/mol. The average Bonchev–Trinajstić information content (AvgIpc) is 2.80. The molecule has 0 aromatic carbocycles. The van der Waals surface area contributed by atoms with Crippen molar-refractivity contribution in [2.45, 2.75) is 13.3 Å². The Morgan fingerprint density at radius 3 is 3.18 bits per heavy atom. The van der Waals surface area contributed by atoms with Gasteiger partial charge in [0.05, 0.1) is 5.71 Å². The molecule has 1 aromatic rings. The summed E-state index contributed by atoms with van der Waals surface area (Å²) in [5, 5.41) is 7.94. The Labute approximate surface area is 102 Å². The first-order valence-electron chi connectivity index (χ1n) is 5.19. The predicted octanol–water partition coefficient (Wildman–Crippen LogP) is 1.15. The number of hydrogen-bond donors (Lipinski definition) is 1. The summed E-state index contributed by atoms with van der Waals surface area (Å²) in [6, 6.07) is 1.93. The van der Waals surface area contributed by atoms with Gasteiger partial charge >= 0.3 is 5.97 Å². The molecule has 0 radical (unpaired) electrons. The van der Waals surface area contributed by atoms with E-state index >= 15 is 0 Å². The SMILES string of the molecule is CC(=O)OCC1CC(=O)NN=C1c1ccsc1. The number of rotatable bonds is 3. The highest BCUT2D eigenvalue weighted by Gasteiger charge is 2.26. The van der Waals surface area contributed by atoms with E-state index in [1.165, 1.54) is 6.92 Å². The van der Waals surface area contributed by atoms with Gasteiger partial charge in [0, 0.05) is 24.8 Å². The number of nitrogens with zero attached hydrogens (tertiary/aromatic N) is 1. The summed E-state index contributed by atoms with van der Waals surface area (Å²) in [5.74, 6) is -0.663. The Bertz CT molecular complexity index is 453. The van der Waals surface area contributed by atoms with Crippen LogP contribution in [0.3, 0.4) is 0 Å². The predicted molar refractivity (Wildman–Crippen MR) is 63.7 cm³/mol. The molecule has 2 rings (SSSR count). The van der Waals surface area contributed by atoms with Crippen molar-refractivity contribution in [1.82, 2.24) is 5.43 Å². The minimum absolute atomic E-state index is 0.152. The van der Waals surface area contributed by atoms with Crippen molar-refractivity contribution in [3.63, 3.8) is 0 Å². The van der Waals surface area contributed by atoms with Gasteiger partial charge in [0.1, 0.15) is 6.61 Å². The maximum Gasteiger partial charge on any atom is 0.302 e. The molecule has 90 valence electrons. The van der Waals surface area contributed by atoms with E-state index in [0.29, 0.717) is 6.42 Å². The fourth-order valence-corrected chi connectivity index (χ4v) is 2.30. The van der Waals surface area contributed by atoms with E-state index in [1.807, 2.05) is 16.8 Å². The average molecular weight is 252 g/mol. The van der Waals surface area contributed by atoms with Crippen LogP contribution in [-0.2, 0) is 14.3 Å². The normalized spacial score (nSPS) is 19.5. The van der Waals surface area contributed by atoms with Gasteiger partial charge < -0.3 is 4.74 Å². The number of hydrazone groups is 1. The molecule has 0 spiro atoms. The maximum absolute atomic E-state index is 11.3. The topological polar surface area (TPSA) is 67.8 Å². The lowest BCUT2D eigenvalue weighted by molar-refractivity contribution is -0.142. The molecule has 2 heterocycles. The van der Waals surface area contributed by atoms with Crippen LogP contribution in [-0.4, -0.2) is 24.2 Å². The largest absolute Gasteiger partial charge is 0.465 e. The van der Waals surface area contributed by atoms with Crippen LogP contribution in [0.4, 0.5) is 0 Å². The number of amides is 1. The van der Waals surface area contributed by atoms with Gasteiger partial charge in [-0.3, -0.25) is 9.59 Å². The maximum atomic E-state index is 11.3. The Morgan fingerprint density at radius 1 is 1.71 bits per heavy atom. The zero-order chi connectivity index (χ0) is 12.3. The van der Waals surface area contributed by atoms with Crippen LogP contribution < -0.4 is 5.43 Å². The highest BCUT2D eigenvalue weighted by atomic mass is 32.1. The Morgan fingerprint density at radius 2 is 2.53 bits per heavy atom. The lowest BCUT2D eigenvalue weighted by atomic mass is 9.94. The number of ether oxygens (including phenoxy) is 1. The van der Waals surface area contributed by atoms with Crippen LogP contribution in [0.1, 0.15) is 18.9 Å². The first-order valence-corrected chi connectivity index (χ1v) is 6.13. The Kier molecular flexibility index (Phi) is 3.53. The third-order valence-corrected chi connectivity index (χ3v) is 3.11. The van der Waals surface area contributed by atoms with Gasteiger partial charge in [0.25, 0.3) is 0 Å². The third-order valence-electron chi connectivity index (χ3n) is 2.42. The van der Waals surface area contributed by atoms with Crippen molar-refractivity contribution in [2.24, 2.45) is 11.0 Å². The molecule has 0 aliphatic carbocycles. The summed E-state index contributed by atoms with van der Waals surface area (Å²) in [7, 11) is 0. The summed E-state index contributed by atoms with van der Waals surface area (Å²) >= 11 is 1.56. The second-order valence-corrected chi connectivity index (χ2v) is 4.53. The van der Waals surface area contributed by atoms with E-state index in [2.05, 4.69) is 10.5 Å². The smallest absolute Gasteiger partial charge is 0.302 e. The van der Waals surface area contributed by atoms with Gasteiger partial charge in [-0.25, -0.2) is 5.43 Å². The molecule has 1 N–H and O–H groups in total. The van der Waals surface area contributed by atoms with E-state index < -0.39 is 0 Å². The van der Waals surface area contributed by atoms with Gasteiger partial charge in [0.15, 0.2) is 0 Å². The van der Waals surface area contributed by atoms with E-state index in [-0.39, 0.29) is 24.4 Å². The van der Waals surface area contributed by atoms with Crippen molar-refractivity contribution in [3.05, 3.63) is 22.4 Å². The second kappa shape index (κ2) is 5.09. The van der Waals surface area contributed by atoms with Gasteiger partial charge in [-0.2, -0.15) is 16.4 Å². The second-order valence-electron chi connectivity index (χ2n) is 3.75. The van der Waals surface area contributed by atoms with Crippen molar-refractivity contribution in [3.8, 4) is 0 Å². The van der Waals surface area contributed by atoms with Crippen LogP contribution in [0.25, 0.3) is 0 Å². The molecule has 17 heavy (non-hydrogen) atoms. The molecule has 1 unspecified atom stereocenters. The quantitative estimate of drug-likeness (QED) is 0.820. The third kappa shape index (κ3) is 2.91. The van der Waals surface area contributed by atoms with Crippen LogP contribution >= 0.6 is 11.3 Å². The molecule has 0 saturated carbocycles. The highest BCUT2D eigenvalue weighted by Crippen LogP contribution is 2.19. The zero-order valence-electron chi connectivity index (χ0n) is 9.30. The number of thiophene rings is 1. The lowest BCUT2D eigenvalue weighted by Crippen LogP contribution is -2.35. The van der Waals surface area contributed by atoms with Crippen molar-refractivity contribution < 1.29 is 14.3 Å².